The molecule has 7 nitrogen and oxygen atoms in total. The number of anilines is 1. The van der Waals surface area contributed by atoms with Crippen LogP contribution in [0.2, 0.25) is 0 Å². The van der Waals surface area contributed by atoms with E-state index in [1.165, 1.54) is 23.9 Å². The molecule has 0 saturated carbocycles. The lowest BCUT2D eigenvalue weighted by Gasteiger charge is -2.19. The van der Waals surface area contributed by atoms with Gasteiger partial charge in [-0.25, -0.2) is 9.67 Å². The van der Waals surface area contributed by atoms with Crippen molar-refractivity contribution in [2.45, 2.75) is 51.5 Å². The van der Waals surface area contributed by atoms with Gasteiger partial charge in [0.05, 0.1) is 0 Å². The summed E-state index contributed by atoms with van der Waals surface area (Å²) < 4.78 is 1.50. The van der Waals surface area contributed by atoms with Crippen LogP contribution in [-0.2, 0) is 16.1 Å². The summed E-state index contributed by atoms with van der Waals surface area (Å²) in [5.74, 6) is 0.571. The number of nitrogens with zero attached hydrogens (tertiary/aromatic N) is 4. The lowest BCUT2D eigenvalue weighted by molar-refractivity contribution is -0.132. The number of aromatic nitrogens is 3. The third kappa shape index (κ3) is 4.66. The lowest BCUT2D eigenvalue weighted by Crippen LogP contribution is -2.34. The van der Waals surface area contributed by atoms with Gasteiger partial charge in [-0.2, -0.15) is 0 Å². The van der Waals surface area contributed by atoms with Gasteiger partial charge in [0.25, 0.3) is 0 Å². The highest BCUT2D eigenvalue weighted by atomic mass is 16.2. The Kier molecular flexibility index (Phi) is 5.61. The number of likely N-dealkylation sites (tertiary alicyclic amines) is 1. The predicted molar refractivity (Wildman–Crippen MR) is 90.2 cm³/mol. The van der Waals surface area contributed by atoms with Crippen molar-refractivity contribution in [2.24, 2.45) is 5.92 Å². The second-order valence-electron chi connectivity index (χ2n) is 6.58. The van der Waals surface area contributed by atoms with E-state index in [0.29, 0.717) is 12.3 Å². The summed E-state index contributed by atoms with van der Waals surface area (Å²) in [6.45, 7) is 1.83. The maximum Gasteiger partial charge on any atom is 0.248 e. The number of rotatable bonds is 5. The summed E-state index contributed by atoms with van der Waals surface area (Å²) >= 11 is 0. The first kappa shape index (κ1) is 16.7. The average molecular weight is 331 g/mol. The Labute approximate surface area is 142 Å². The van der Waals surface area contributed by atoms with Crippen molar-refractivity contribution in [3.05, 3.63) is 18.5 Å². The fourth-order valence-electron chi connectivity index (χ4n) is 3.27. The van der Waals surface area contributed by atoms with E-state index in [9.17, 15) is 9.59 Å². The molecule has 1 aliphatic heterocycles. The van der Waals surface area contributed by atoms with E-state index >= 15 is 0 Å². The largest absolute Gasteiger partial charge is 0.341 e. The maximum absolute atomic E-state index is 12.3. The third-order valence-electron chi connectivity index (χ3n) is 4.60. The van der Waals surface area contributed by atoms with Gasteiger partial charge in [-0.3, -0.25) is 14.9 Å². The number of carbonyl (C=O) groups excluding carboxylic acids is 2. The Morgan fingerprint density at radius 1 is 1.21 bits per heavy atom. The van der Waals surface area contributed by atoms with Crippen LogP contribution in [0.4, 0.5) is 5.95 Å². The molecular formula is C17H25N5O2. The standard InChI is InChI=1S/C17H25N5O2/c23-15(11-14-7-3-4-8-14)19-17-18-13-22(20-17)12-16(24)21-9-5-1-2-6-10-21/h3,7,13-14H,1-2,4-6,8-12H2,(H,19,20,23)/t14-/m1/s1. The molecule has 0 radical (unpaired) electrons. The molecule has 1 N–H and O–H groups in total. The molecule has 2 amide bonds. The molecule has 2 aliphatic rings. The van der Waals surface area contributed by atoms with Gasteiger partial charge in [0, 0.05) is 19.5 Å². The lowest BCUT2D eigenvalue weighted by atomic mass is 10.1. The van der Waals surface area contributed by atoms with Gasteiger partial charge < -0.3 is 4.90 Å². The normalized spacial score (nSPS) is 20.8. The van der Waals surface area contributed by atoms with E-state index in [4.69, 9.17) is 0 Å². The zero-order chi connectivity index (χ0) is 16.8. The number of amides is 2. The van der Waals surface area contributed by atoms with Gasteiger partial charge >= 0.3 is 0 Å². The van der Waals surface area contributed by atoms with Gasteiger partial charge in [-0.15, -0.1) is 5.10 Å². The highest BCUT2D eigenvalue weighted by Gasteiger charge is 2.18. The molecule has 130 valence electrons. The fourth-order valence-corrected chi connectivity index (χ4v) is 3.27. The summed E-state index contributed by atoms with van der Waals surface area (Å²) in [5.41, 5.74) is 0. The van der Waals surface area contributed by atoms with Gasteiger partial charge in [0.15, 0.2) is 0 Å². The van der Waals surface area contributed by atoms with Crippen LogP contribution in [0.1, 0.15) is 44.9 Å². The molecular weight excluding hydrogens is 306 g/mol. The number of hydrogen-bond donors (Lipinski definition) is 1. The smallest absolute Gasteiger partial charge is 0.248 e. The Balaban J connectivity index is 1.48. The number of hydrogen-bond acceptors (Lipinski definition) is 4. The Bertz CT molecular complexity index is 602. The van der Waals surface area contributed by atoms with Crippen LogP contribution in [0.15, 0.2) is 18.5 Å². The minimum atomic E-state index is -0.0804. The number of nitrogens with one attached hydrogen (secondary N) is 1. The SMILES string of the molecule is O=C(C[C@@H]1C=CCC1)Nc1ncn(CC(=O)N2CCCCCC2)n1. The molecule has 1 saturated heterocycles. The second-order valence-corrected chi connectivity index (χ2v) is 6.58. The van der Waals surface area contributed by atoms with Gasteiger partial charge in [0.2, 0.25) is 17.8 Å². The minimum Gasteiger partial charge on any atom is -0.341 e. The van der Waals surface area contributed by atoms with Crippen molar-refractivity contribution >= 4 is 17.8 Å². The summed E-state index contributed by atoms with van der Waals surface area (Å²) in [7, 11) is 0. The first-order chi connectivity index (χ1) is 11.7. The van der Waals surface area contributed by atoms with Crippen molar-refractivity contribution in [1.29, 1.82) is 0 Å². The van der Waals surface area contributed by atoms with Crippen LogP contribution in [0.25, 0.3) is 0 Å². The van der Waals surface area contributed by atoms with Crippen molar-refractivity contribution < 1.29 is 9.59 Å². The molecule has 1 aromatic heterocycles. The van der Waals surface area contributed by atoms with E-state index in [-0.39, 0.29) is 24.3 Å². The monoisotopic (exact) mass is 331 g/mol. The molecule has 3 rings (SSSR count). The van der Waals surface area contributed by atoms with E-state index in [1.807, 2.05) is 4.90 Å². The third-order valence-corrected chi connectivity index (χ3v) is 4.60. The number of allylic oxidation sites excluding steroid dienone is 2. The molecule has 1 aliphatic carbocycles. The van der Waals surface area contributed by atoms with Crippen LogP contribution < -0.4 is 5.32 Å². The maximum atomic E-state index is 12.3. The Morgan fingerprint density at radius 2 is 2.00 bits per heavy atom. The second kappa shape index (κ2) is 8.08. The quantitative estimate of drug-likeness (QED) is 0.837. The zero-order valence-corrected chi connectivity index (χ0v) is 14.0. The molecule has 1 fully saturated rings. The Hall–Kier alpha value is -2.18. The van der Waals surface area contributed by atoms with Crippen molar-refractivity contribution in [3.63, 3.8) is 0 Å². The van der Waals surface area contributed by atoms with Gasteiger partial charge in [-0.1, -0.05) is 25.0 Å². The van der Waals surface area contributed by atoms with E-state index in [2.05, 4.69) is 27.6 Å². The van der Waals surface area contributed by atoms with Crippen molar-refractivity contribution in [2.75, 3.05) is 18.4 Å². The topological polar surface area (TPSA) is 80.1 Å². The van der Waals surface area contributed by atoms with Crippen LogP contribution >= 0.6 is 0 Å². The highest BCUT2D eigenvalue weighted by molar-refractivity contribution is 5.89. The summed E-state index contributed by atoms with van der Waals surface area (Å²) in [5, 5.41) is 6.90. The molecule has 2 heterocycles. The molecule has 0 unspecified atom stereocenters. The summed E-state index contributed by atoms with van der Waals surface area (Å²) in [4.78, 5) is 30.3. The van der Waals surface area contributed by atoms with Crippen molar-refractivity contribution in [1.82, 2.24) is 19.7 Å². The fraction of sp³-hybridized carbons (Fsp3) is 0.647. The van der Waals surface area contributed by atoms with E-state index in [1.54, 1.807) is 0 Å². The van der Waals surface area contributed by atoms with Crippen LogP contribution in [0, 0.1) is 5.92 Å². The molecule has 24 heavy (non-hydrogen) atoms. The summed E-state index contributed by atoms with van der Waals surface area (Å²) in [6, 6.07) is 0. The molecule has 1 atom stereocenters. The average Bonchev–Trinajstić information content (AvgIpc) is 3.12. The first-order valence-corrected chi connectivity index (χ1v) is 8.84. The van der Waals surface area contributed by atoms with E-state index < -0.39 is 0 Å². The van der Waals surface area contributed by atoms with E-state index in [0.717, 1.165) is 38.8 Å². The molecule has 0 bridgehead atoms. The molecule has 7 heteroatoms. The molecule has 0 spiro atoms. The molecule has 1 aromatic rings. The predicted octanol–water partition coefficient (Wildman–Crippen LogP) is 1.98. The Morgan fingerprint density at radius 3 is 2.71 bits per heavy atom. The van der Waals surface area contributed by atoms with Crippen molar-refractivity contribution in [3.8, 4) is 0 Å². The van der Waals surface area contributed by atoms with Gasteiger partial charge in [-0.05, 0) is 31.6 Å². The summed E-state index contributed by atoms with van der Waals surface area (Å²) in [6.07, 6.45) is 12.8. The first-order valence-electron chi connectivity index (χ1n) is 8.84. The van der Waals surface area contributed by atoms with Crippen LogP contribution in [-0.4, -0.2) is 44.6 Å². The number of carbonyl (C=O) groups is 2. The van der Waals surface area contributed by atoms with Crippen LogP contribution in [0.5, 0.6) is 0 Å². The van der Waals surface area contributed by atoms with Gasteiger partial charge in [0.1, 0.15) is 12.9 Å². The van der Waals surface area contributed by atoms with Crippen LogP contribution in [0.3, 0.4) is 0 Å². The molecule has 0 aromatic carbocycles. The zero-order valence-electron chi connectivity index (χ0n) is 14.0. The highest BCUT2D eigenvalue weighted by Crippen LogP contribution is 2.20. The minimum absolute atomic E-state index is 0.0655.